The van der Waals surface area contributed by atoms with E-state index >= 15 is 0 Å². The molecule has 0 spiro atoms. The molecule has 0 unspecified atom stereocenters. The SMILES string of the molecule is C=CC(=O)CCCC(C)(C)C. The lowest BCUT2D eigenvalue weighted by molar-refractivity contribution is -0.114. The van der Waals surface area contributed by atoms with Crippen molar-refractivity contribution in [1.29, 1.82) is 0 Å². The van der Waals surface area contributed by atoms with Crippen LogP contribution in [-0.4, -0.2) is 5.78 Å². The summed E-state index contributed by atoms with van der Waals surface area (Å²) in [4.78, 5) is 10.8. The largest absolute Gasteiger partial charge is 0.295 e. The number of rotatable bonds is 4. The van der Waals surface area contributed by atoms with E-state index in [1.807, 2.05) is 0 Å². The van der Waals surface area contributed by atoms with Gasteiger partial charge in [0.2, 0.25) is 0 Å². The fraction of sp³-hybridized carbons (Fsp3) is 0.700. The molecule has 0 saturated heterocycles. The summed E-state index contributed by atoms with van der Waals surface area (Å²) in [6.45, 7) is 9.98. The minimum Gasteiger partial charge on any atom is -0.295 e. The fourth-order valence-corrected chi connectivity index (χ4v) is 0.895. The summed E-state index contributed by atoms with van der Waals surface area (Å²) in [6.07, 6.45) is 4.14. The highest BCUT2D eigenvalue weighted by Gasteiger charge is 2.09. The van der Waals surface area contributed by atoms with Crippen LogP contribution in [0.5, 0.6) is 0 Å². The Morgan fingerprint density at radius 3 is 2.36 bits per heavy atom. The fourth-order valence-electron chi connectivity index (χ4n) is 0.895. The molecule has 0 saturated carbocycles. The van der Waals surface area contributed by atoms with Crippen LogP contribution >= 0.6 is 0 Å². The summed E-state index contributed by atoms with van der Waals surface area (Å²) in [5.74, 6) is 0.161. The molecule has 1 heteroatoms. The van der Waals surface area contributed by atoms with E-state index in [0.29, 0.717) is 11.8 Å². The summed E-state index contributed by atoms with van der Waals surface area (Å²) < 4.78 is 0. The van der Waals surface area contributed by atoms with E-state index in [1.54, 1.807) is 0 Å². The highest BCUT2D eigenvalue weighted by molar-refractivity contribution is 5.88. The smallest absolute Gasteiger partial charge is 0.155 e. The van der Waals surface area contributed by atoms with Crippen LogP contribution in [0, 0.1) is 5.41 Å². The molecule has 0 radical (unpaired) electrons. The van der Waals surface area contributed by atoms with Crippen molar-refractivity contribution in [3.8, 4) is 0 Å². The number of carbonyl (C=O) groups excluding carboxylic acids is 1. The first kappa shape index (κ1) is 10.4. The molecule has 11 heavy (non-hydrogen) atoms. The third-order valence-electron chi connectivity index (χ3n) is 1.58. The molecule has 0 aliphatic carbocycles. The quantitative estimate of drug-likeness (QED) is 0.569. The molecule has 64 valence electrons. The number of hydrogen-bond acceptors (Lipinski definition) is 1. The predicted molar refractivity (Wildman–Crippen MR) is 48.5 cm³/mol. The van der Waals surface area contributed by atoms with Crippen LogP contribution in [0.25, 0.3) is 0 Å². The molecule has 0 aliphatic rings. The Bertz CT molecular complexity index is 139. The Kier molecular flexibility index (Phi) is 4.09. The zero-order valence-corrected chi connectivity index (χ0v) is 7.81. The Balaban J connectivity index is 3.42. The minimum atomic E-state index is 0.161. The normalized spacial score (nSPS) is 11.2. The average molecular weight is 154 g/mol. The summed E-state index contributed by atoms with van der Waals surface area (Å²) in [7, 11) is 0. The van der Waals surface area contributed by atoms with Crippen molar-refractivity contribution >= 4 is 5.78 Å². The third kappa shape index (κ3) is 7.31. The van der Waals surface area contributed by atoms with E-state index < -0.39 is 0 Å². The second kappa shape index (κ2) is 4.32. The summed E-state index contributed by atoms with van der Waals surface area (Å²) >= 11 is 0. The van der Waals surface area contributed by atoms with Crippen LogP contribution in [0.15, 0.2) is 12.7 Å². The molecule has 0 N–H and O–H groups in total. The van der Waals surface area contributed by atoms with Crippen molar-refractivity contribution < 1.29 is 4.79 Å². The van der Waals surface area contributed by atoms with Gasteiger partial charge in [0.05, 0.1) is 0 Å². The van der Waals surface area contributed by atoms with E-state index in [-0.39, 0.29) is 5.78 Å². The van der Waals surface area contributed by atoms with Crippen molar-refractivity contribution in [2.75, 3.05) is 0 Å². The maximum Gasteiger partial charge on any atom is 0.155 e. The monoisotopic (exact) mass is 154 g/mol. The molecular formula is C10H18O. The Morgan fingerprint density at radius 1 is 1.45 bits per heavy atom. The minimum absolute atomic E-state index is 0.161. The zero-order valence-electron chi connectivity index (χ0n) is 7.81. The molecule has 0 aliphatic heterocycles. The molecule has 0 bridgehead atoms. The first-order chi connectivity index (χ1) is 4.95. The van der Waals surface area contributed by atoms with Crippen molar-refractivity contribution in [3.63, 3.8) is 0 Å². The van der Waals surface area contributed by atoms with Gasteiger partial charge in [-0.3, -0.25) is 4.79 Å². The summed E-state index contributed by atoms with van der Waals surface area (Å²) in [6, 6.07) is 0. The molecule has 0 atom stereocenters. The number of allylic oxidation sites excluding steroid dienone is 1. The Morgan fingerprint density at radius 2 is 2.00 bits per heavy atom. The van der Waals surface area contributed by atoms with Crippen LogP contribution < -0.4 is 0 Å². The third-order valence-corrected chi connectivity index (χ3v) is 1.58. The second-order valence-corrected chi connectivity index (χ2v) is 4.08. The van der Waals surface area contributed by atoms with E-state index in [4.69, 9.17) is 0 Å². The lowest BCUT2D eigenvalue weighted by Crippen LogP contribution is -2.05. The first-order valence-electron chi connectivity index (χ1n) is 4.11. The van der Waals surface area contributed by atoms with Crippen molar-refractivity contribution in [2.24, 2.45) is 5.41 Å². The van der Waals surface area contributed by atoms with Gasteiger partial charge >= 0.3 is 0 Å². The molecular weight excluding hydrogens is 136 g/mol. The van der Waals surface area contributed by atoms with Gasteiger partial charge in [0.25, 0.3) is 0 Å². The van der Waals surface area contributed by atoms with Gasteiger partial charge in [-0.1, -0.05) is 27.4 Å². The van der Waals surface area contributed by atoms with Gasteiger partial charge in [0.15, 0.2) is 5.78 Å². The number of ketones is 1. The van der Waals surface area contributed by atoms with Gasteiger partial charge in [-0.25, -0.2) is 0 Å². The highest BCUT2D eigenvalue weighted by atomic mass is 16.1. The van der Waals surface area contributed by atoms with Crippen molar-refractivity contribution in [3.05, 3.63) is 12.7 Å². The summed E-state index contributed by atoms with van der Waals surface area (Å²) in [5, 5.41) is 0. The lowest BCUT2D eigenvalue weighted by Gasteiger charge is -2.16. The molecule has 0 rings (SSSR count). The van der Waals surface area contributed by atoms with E-state index in [1.165, 1.54) is 6.08 Å². The highest BCUT2D eigenvalue weighted by Crippen LogP contribution is 2.21. The maximum atomic E-state index is 10.8. The average Bonchev–Trinajstić information content (AvgIpc) is 1.85. The molecule has 0 amide bonds. The molecule has 0 fully saturated rings. The molecule has 0 heterocycles. The number of hydrogen-bond donors (Lipinski definition) is 0. The zero-order chi connectivity index (χ0) is 8.91. The van der Waals surface area contributed by atoms with Gasteiger partial charge in [-0.05, 0) is 24.3 Å². The Hall–Kier alpha value is -0.590. The van der Waals surface area contributed by atoms with Crippen LogP contribution in [0.1, 0.15) is 40.0 Å². The molecule has 0 aromatic rings. The van der Waals surface area contributed by atoms with Gasteiger partial charge in [-0.2, -0.15) is 0 Å². The van der Waals surface area contributed by atoms with Crippen LogP contribution in [0.4, 0.5) is 0 Å². The van der Waals surface area contributed by atoms with Gasteiger partial charge in [-0.15, -0.1) is 0 Å². The van der Waals surface area contributed by atoms with E-state index in [2.05, 4.69) is 27.4 Å². The summed E-state index contributed by atoms with van der Waals surface area (Å²) in [5.41, 5.74) is 0.349. The first-order valence-corrected chi connectivity index (χ1v) is 4.11. The Labute approximate surface area is 69.5 Å². The van der Waals surface area contributed by atoms with Crippen LogP contribution in [-0.2, 0) is 4.79 Å². The van der Waals surface area contributed by atoms with Crippen molar-refractivity contribution in [1.82, 2.24) is 0 Å². The molecule has 0 aromatic carbocycles. The van der Waals surface area contributed by atoms with Crippen molar-refractivity contribution in [2.45, 2.75) is 40.0 Å². The van der Waals surface area contributed by atoms with E-state index in [0.717, 1.165) is 12.8 Å². The predicted octanol–water partition coefficient (Wildman–Crippen LogP) is 2.96. The van der Waals surface area contributed by atoms with Crippen LogP contribution in [0.2, 0.25) is 0 Å². The maximum absolute atomic E-state index is 10.8. The molecule has 0 aromatic heterocycles. The second-order valence-electron chi connectivity index (χ2n) is 4.08. The lowest BCUT2D eigenvalue weighted by atomic mass is 9.89. The standard InChI is InChI=1S/C10H18O/c1-5-9(11)7-6-8-10(2,3)4/h5H,1,6-8H2,2-4H3. The topological polar surface area (TPSA) is 17.1 Å². The van der Waals surface area contributed by atoms with Gasteiger partial charge < -0.3 is 0 Å². The van der Waals surface area contributed by atoms with Gasteiger partial charge in [0.1, 0.15) is 0 Å². The van der Waals surface area contributed by atoms with E-state index in [9.17, 15) is 4.79 Å². The molecule has 1 nitrogen and oxygen atoms in total. The van der Waals surface area contributed by atoms with Crippen LogP contribution in [0.3, 0.4) is 0 Å². The van der Waals surface area contributed by atoms with Gasteiger partial charge in [0, 0.05) is 6.42 Å². The number of carbonyl (C=O) groups is 1.